The van der Waals surface area contributed by atoms with Crippen molar-refractivity contribution < 1.29 is 61.7 Å². The third-order valence-electron chi connectivity index (χ3n) is 10.7. The summed E-state index contributed by atoms with van der Waals surface area (Å²) >= 11 is 10.1. The van der Waals surface area contributed by atoms with E-state index in [2.05, 4.69) is 4.42 Å². The smallest absolute Gasteiger partial charge is 0.282 e. The van der Waals surface area contributed by atoms with Crippen LogP contribution in [0.4, 0.5) is 30.7 Å². The van der Waals surface area contributed by atoms with E-state index in [-0.39, 0.29) is 0 Å². The SMILES string of the molecule is CC.CC.CC.CC.CC.CC.CC.Cc1c(F)oc2sccc12.Cc1cc2c(C)c(F)oc2s1.Cc1cc2cc(F)oc2s1.Cc1csc2oc(F)c(C)c12.Cc1csc2oc(F)cc12.Cc1sc2oc(F)cc2c1C.Fc1cc2ccsc2o1. The number of furan rings is 7. The zero-order chi connectivity index (χ0) is 65.7. The number of hydrogen-bond acceptors (Lipinski definition) is 14. The lowest BCUT2D eigenvalue weighted by molar-refractivity contribution is 0.378. The first kappa shape index (κ1) is 78.2. The van der Waals surface area contributed by atoms with Gasteiger partial charge in [-0.05, 0) is 125 Å². The van der Waals surface area contributed by atoms with E-state index in [0.29, 0.717) is 51.0 Å². The van der Waals surface area contributed by atoms with Gasteiger partial charge in [0.05, 0.1) is 0 Å². The van der Waals surface area contributed by atoms with E-state index in [4.69, 9.17) is 26.5 Å². The molecular formula is C65H81F7O7S7. The van der Waals surface area contributed by atoms with E-state index in [1.54, 1.807) is 20.8 Å². The molecule has 7 nitrogen and oxygen atoms in total. The lowest BCUT2D eigenvalue weighted by Crippen LogP contribution is -1.72. The van der Waals surface area contributed by atoms with E-state index in [0.717, 1.165) is 64.1 Å². The molecular weight excluding hydrogens is 1250 g/mol. The van der Waals surface area contributed by atoms with E-state index < -0.39 is 42.1 Å². The molecule has 0 amide bonds. The minimum Gasteiger partial charge on any atom is -0.420 e. The van der Waals surface area contributed by atoms with Crippen molar-refractivity contribution in [3.05, 3.63) is 160 Å². The molecule has 14 rings (SSSR count). The molecule has 14 aromatic rings. The Labute approximate surface area is 528 Å². The average Bonchev–Trinajstić information content (AvgIpc) is 3.40. The first-order valence-corrected chi connectivity index (χ1v) is 34.2. The second kappa shape index (κ2) is 39.9. The molecule has 0 radical (unpaired) electrons. The van der Waals surface area contributed by atoms with Crippen molar-refractivity contribution in [1.29, 1.82) is 0 Å². The molecule has 0 N–H and O–H groups in total. The van der Waals surface area contributed by atoms with Crippen LogP contribution in [0.3, 0.4) is 0 Å². The number of thiophene rings is 7. The van der Waals surface area contributed by atoms with Gasteiger partial charge in [-0.3, -0.25) is 0 Å². The van der Waals surface area contributed by atoms with Crippen LogP contribution in [0.1, 0.15) is 145 Å². The summed E-state index contributed by atoms with van der Waals surface area (Å²) in [5, 5.41) is 13.9. The number of aryl methyl sites for hydroxylation is 9. The predicted octanol–water partition coefficient (Wildman–Crippen LogP) is 28.4. The summed E-state index contributed by atoms with van der Waals surface area (Å²) in [5.41, 5.74) is 5.14. The summed E-state index contributed by atoms with van der Waals surface area (Å²) in [5.74, 6) is 0. The van der Waals surface area contributed by atoms with Crippen LogP contribution >= 0.6 is 79.4 Å². The van der Waals surface area contributed by atoms with Crippen molar-refractivity contribution in [3.8, 4) is 0 Å². The molecule has 0 bridgehead atoms. The molecule has 14 heterocycles. The second-order valence-electron chi connectivity index (χ2n) is 15.8. The maximum atomic E-state index is 12.8. The summed E-state index contributed by atoms with van der Waals surface area (Å²) in [6.07, 6.45) is 0. The quantitative estimate of drug-likeness (QED) is 0.140. The molecule has 0 aromatic carbocycles. The molecule has 0 saturated heterocycles. The first-order chi connectivity index (χ1) is 41.2. The van der Waals surface area contributed by atoms with Crippen LogP contribution in [0, 0.1) is 104 Å². The average molecular weight is 1330 g/mol. The topological polar surface area (TPSA) is 92.0 Å². The Morgan fingerprint density at radius 3 is 1.23 bits per heavy atom. The second-order valence-corrected chi connectivity index (χ2v) is 22.9. The molecule has 0 aliphatic heterocycles. The van der Waals surface area contributed by atoms with E-state index in [1.807, 2.05) is 184 Å². The lowest BCUT2D eigenvalue weighted by atomic mass is 10.2. The summed E-state index contributed by atoms with van der Waals surface area (Å²) in [6, 6.07) is 9.84. The van der Waals surface area contributed by atoms with Gasteiger partial charge in [0.15, 0.2) is 34.3 Å². The summed E-state index contributed by atoms with van der Waals surface area (Å²) in [7, 11) is 0. The highest BCUT2D eigenvalue weighted by atomic mass is 32.1. The fourth-order valence-electron chi connectivity index (χ4n) is 6.88. The molecule has 0 spiro atoms. The van der Waals surface area contributed by atoms with Gasteiger partial charge in [-0.2, -0.15) is 30.7 Å². The van der Waals surface area contributed by atoms with Crippen LogP contribution < -0.4 is 0 Å². The van der Waals surface area contributed by atoms with E-state index in [9.17, 15) is 30.7 Å². The van der Waals surface area contributed by atoms with Gasteiger partial charge in [-0.1, -0.05) is 96.9 Å². The molecule has 14 aromatic heterocycles. The molecule has 21 heteroatoms. The highest BCUT2D eigenvalue weighted by molar-refractivity contribution is 7.19. The Balaban J connectivity index is 0.000000485. The predicted molar refractivity (Wildman–Crippen MR) is 360 cm³/mol. The van der Waals surface area contributed by atoms with Crippen LogP contribution in [0.25, 0.3) is 72.0 Å². The molecule has 0 aliphatic rings. The van der Waals surface area contributed by atoms with Gasteiger partial charge in [-0.15, -0.1) is 79.4 Å². The zero-order valence-electron chi connectivity index (χ0n) is 53.3. The Kier molecular flexibility index (Phi) is 36.3. The van der Waals surface area contributed by atoms with Crippen molar-refractivity contribution in [2.24, 2.45) is 0 Å². The third-order valence-corrected chi connectivity index (χ3v) is 17.2. The Morgan fingerprint density at radius 1 is 0.302 bits per heavy atom. The maximum Gasteiger partial charge on any atom is 0.282 e. The first-order valence-electron chi connectivity index (χ1n) is 28.2. The Bertz CT molecular complexity index is 3900. The minimum atomic E-state index is -0.503. The molecule has 474 valence electrons. The molecule has 0 unspecified atom stereocenters. The van der Waals surface area contributed by atoms with Crippen LogP contribution in [0.2, 0.25) is 0 Å². The van der Waals surface area contributed by atoms with Gasteiger partial charge in [-0.25, -0.2) is 0 Å². The monoisotopic (exact) mass is 1330 g/mol. The number of hydrogen-bond donors (Lipinski definition) is 0. The number of fused-ring (bicyclic) bond motifs is 7. The summed E-state index contributed by atoms with van der Waals surface area (Å²) in [4.78, 5) is 8.26. The fraction of sp³-hybridized carbons (Fsp3) is 0.354. The summed E-state index contributed by atoms with van der Waals surface area (Å²) in [6.45, 7) is 45.0. The van der Waals surface area contributed by atoms with E-state index in [1.165, 1.54) is 109 Å². The number of halogens is 7. The molecule has 0 atom stereocenters. The van der Waals surface area contributed by atoms with Crippen LogP contribution in [0.15, 0.2) is 101 Å². The maximum absolute atomic E-state index is 12.8. The highest BCUT2D eigenvalue weighted by Crippen LogP contribution is 2.35. The van der Waals surface area contributed by atoms with Crippen LogP contribution in [0.5, 0.6) is 0 Å². The number of rotatable bonds is 0. The van der Waals surface area contributed by atoms with Gasteiger partial charge in [0.25, 0.3) is 42.1 Å². The molecule has 0 fully saturated rings. The van der Waals surface area contributed by atoms with Gasteiger partial charge in [0.1, 0.15) is 0 Å². The van der Waals surface area contributed by atoms with Crippen molar-refractivity contribution in [2.75, 3.05) is 0 Å². The molecule has 86 heavy (non-hydrogen) atoms. The zero-order valence-corrected chi connectivity index (χ0v) is 59.0. The van der Waals surface area contributed by atoms with Gasteiger partial charge < -0.3 is 30.9 Å². The van der Waals surface area contributed by atoms with Gasteiger partial charge in [0, 0.05) is 93.3 Å². The third kappa shape index (κ3) is 21.2. The summed E-state index contributed by atoms with van der Waals surface area (Å²) < 4.78 is 121. The van der Waals surface area contributed by atoms with Crippen LogP contribution in [-0.2, 0) is 0 Å². The van der Waals surface area contributed by atoms with Crippen molar-refractivity contribution in [3.63, 3.8) is 0 Å². The fourth-order valence-corrected chi connectivity index (χ4v) is 13.0. The highest BCUT2D eigenvalue weighted by Gasteiger charge is 2.15. The Hall–Kier alpha value is -5.81. The Morgan fingerprint density at radius 2 is 0.698 bits per heavy atom. The molecule has 0 saturated carbocycles. The van der Waals surface area contributed by atoms with Gasteiger partial charge >= 0.3 is 0 Å². The van der Waals surface area contributed by atoms with E-state index >= 15 is 0 Å². The normalized spacial score (nSPS) is 9.74. The minimum absolute atomic E-state index is 0.449. The lowest BCUT2D eigenvalue weighted by Gasteiger charge is -1.83. The largest absolute Gasteiger partial charge is 0.420 e. The van der Waals surface area contributed by atoms with Crippen molar-refractivity contribution in [2.45, 2.75) is 159 Å². The van der Waals surface area contributed by atoms with Crippen molar-refractivity contribution in [1.82, 2.24) is 0 Å². The molecule has 0 aliphatic carbocycles. The van der Waals surface area contributed by atoms with Crippen LogP contribution in [-0.4, -0.2) is 0 Å². The van der Waals surface area contributed by atoms with Gasteiger partial charge in [0.2, 0.25) is 0 Å². The van der Waals surface area contributed by atoms with Crippen molar-refractivity contribution >= 4 is 151 Å². The standard InChI is InChI=1S/3C8H7FOS.3C7H5FOS.C6H3FOS.7C2H6/c1-4-5(2)11-8-6(4)3-7(9)10-8;1-4-3-11-8-6(4)5(2)7(9)10-8;1-4-3-6-5(2)7(9)10-8(6)11-4;1-4-3-10-7-5(4)2-6(8)9-7;1-4-2-5-3-6(8)9-7(5)10-4;1-4-5-2-3-10-7(5)9-6(4)8;7-5-3-4-1-2-9-6(4)8-5;7*1-2/h3*3H,1-2H3;3*2-3H,1H3;1-3H;7*1-2H3.